The molecule has 0 fully saturated rings. The summed E-state index contributed by atoms with van der Waals surface area (Å²) in [6, 6.07) is 28.0. The van der Waals surface area contributed by atoms with Gasteiger partial charge < -0.3 is 5.73 Å². The molecule has 0 aliphatic heterocycles. The molecule has 2 N–H and O–H groups in total. The molecule has 3 heteroatoms. The van der Waals surface area contributed by atoms with Gasteiger partial charge in [0, 0.05) is 5.57 Å². The number of carbonyl (C=O) groups excluding carboxylic acids is 1. The molecular formula is C24H18N2O. The van der Waals surface area contributed by atoms with E-state index in [-0.39, 0.29) is 11.5 Å². The van der Waals surface area contributed by atoms with Crippen LogP contribution in [0.15, 0.2) is 108 Å². The molecule has 0 radical (unpaired) electrons. The van der Waals surface area contributed by atoms with Gasteiger partial charge in [0.2, 0.25) is 5.78 Å². The van der Waals surface area contributed by atoms with Crippen molar-refractivity contribution >= 4 is 22.8 Å². The molecule has 1 aliphatic carbocycles. The van der Waals surface area contributed by atoms with Crippen LogP contribution in [0.3, 0.4) is 0 Å². The number of hydrogen-bond donors (Lipinski definition) is 1. The number of hydrogen-bond acceptors (Lipinski definition) is 3. The van der Waals surface area contributed by atoms with Crippen molar-refractivity contribution in [2.24, 2.45) is 10.7 Å². The quantitative estimate of drug-likeness (QED) is 0.681. The minimum atomic E-state index is -0.188. The van der Waals surface area contributed by atoms with Crippen LogP contribution < -0.4 is 5.73 Å². The normalized spacial score (nSPS) is 15.4. The van der Waals surface area contributed by atoms with Crippen molar-refractivity contribution in [3.05, 3.63) is 108 Å². The Bertz CT molecular complexity index is 1060. The molecule has 0 unspecified atom stereocenters. The van der Waals surface area contributed by atoms with E-state index in [1.807, 2.05) is 72.8 Å². The molecule has 0 heterocycles. The van der Waals surface area contributed by atoms with E-state index < -0.39 is 0 Å². The first-order chi connectivity index (χ1) is 13.2. The summed E-state index contributed by atoms with van der Waals surface area (Å²) < 4.78 is 0. The summed E-state index contributed by atoms with van der Waals surface area (Å²) in [6.07, 6.45) is 3.21. The Morgan fingerprint density at radius 3 is 1.81 bits per heavy atom. The molecule has 0 atom stereocenters. The van der Waals surface area contributed by atoms with Gasteiger partial charge in [0.05, 0.1) is 17.1 Å². The zero-order valence-corrected chi connectivity index (χ0v) is 14.7. The van der Waals surface area contributed by atoms with Gasteiger partial charge in [-0.05, 0) is 41.0 Å². The molecule has 3 aromatic rings. The van der Waals surface area contributed by atoms with Crippen molar-refractivity contribution in [3.8, 4) is 11.1 Å². The van der Waals surface area contributed by atoms with E-state index in [1.54, 1.807) is 12.2 Å². The maximum atomic E-state index is 12.1. The summed E-state index contributed by atoms with van der Waals surface area (Å²) in [5.74, 6) is -0.188. The monoisotopic (exact) mass is 350 g/mol. The standard InChI is InChI=1S/C24H18N2O/c25-22-16-23(21(15-24(22)27)19-9-5-2-6-10-19)26-20-13-11-18(12-14-20)17-7-3-1-4-8-17/h1-16H,25H2. The van der Waals surface area contributed by atoms with Crippen LogP contribution in [-0.4, -0.2) is 11.5 Å². The number of nitrogens with zero attached hydrogens (tertiary/aromatic N) is 1. The van der Waals surface area contributed by atoms with Crippen LogP contribution in [0.2, 0.25) is 0 Å². The lowest BCUT2D eigenvalue weighted by Crippen LogP contribution is -2.17. The highest BCUT2D eigenvalue weighted by molar-refractivity contribution is 6.37. The van der Waals surface area contributed by atoms with Crippen LogP contribution in [0.4, 0.5) is 5.69 Å². The predicted molar refractivity (Wildman–Crippen MR) is 111 cm³/mol. The van der Waals surface area contributed by atoms with E-state index in [0.29, 0.717) is 5.71 Å². The number of nitrogens with two attached hydrogens (primary N) is 1. The summed E-state index contributed by atoms with van der Waals surface area (Å²) in [7, 11) is 0. The van der Waals surface area contributed by atoms with Crippen molar-refractivity contribution in [2.75, 3.05) is 0 Å². The highest BCUT2D eigenvalue weighted by atomic mass is 16.1. The Kier molecular flexibility index (Phi) is 4.50. The zero-order valence-electron chi connectivity index (χ0n) is 14.7. The molecule has 0 saturated heterocycles. The van der Waals surface area contributed by atoms with Crippen LogP contribution >= 0.6 is 0 Å². The van der Waals surface area contributed by atoms with Crippen molar-refractivity contribution in [3.63, 3.8) is 0 Å². The number of benzene rings is 3. The van der Waals surface area contributed by atoms with Gasteiger partial charge in [0.15, 0.2) is 0 Å². The number of rotatable bonds is 3. The first kappa shape index (κ1) is 16.7. The SMILES string of the molecule is NC1=CC(=Nc2ccc(-c3ccccc3)cc2)C(c2ccccc2)=CC1=O. The van der Waals surface area contributed by atoms with Crippen LogP contribution in [0.1, 0.15) is 5.56 Å². The lowest BCUT2D eigenvalue weighted by atomic mass is 9.94. The Morgan fingerprint density at radius 2 is 1.19 bits per heavy atom. The van der Waals surface area contributed by atoms with Crippen LogP contribution in [0, 0.1) is 0 Å². The van der Waals surface area contributed by atoms with E-state index in [1.165, 1.54) is 0 Å². The fraction of sp³-hybridized carbons (Fsp3) is 0. The van der Waals surface area contributed by atoms with Gasteiger partial charge in [0.1, 0.15) is 0 Å². The van der Waals surface area contributed by atoms with Gasteiger partial charge in [-0.3, -0.25) is 4.79 Å². The van der Waals surface area contributed by atoms with Crippen LogP contribution in [0.5, 0.6) is 0 Å². The fourth-order valence-electron chi connectivity index (χ4n) is 3.02. The first-order valence-electron chi connectivity index (χ1n) is 8.74. The summed E-state index contributed by atoms with van der Waals surface area (Å²) >= 11 is 0. The predicted octanol–water partition coefficient (Wildman–Crippen LogP) is 4.94. The smallest absolute Gasteiger partial charge is 0.202 e. The third-order valence-corrected chi connectivity index (χ3v) is 4.44. The maximum absolute atomic E-state index is 12.1. The summed E-state index contributed by atoms with van der Waals surface area (Å²) in [5, 5.41) is 0. The van der Waals surface area contributed by atoms with Gasteiger partial charge >= 0.3 is 0 Å². The highest BCUT2D eigenvalue weighted by Crippen LogP contribution is 2.26. The molecule has 0 saturated carbocycles. The van der Waals surface area contributed by atoms with E-state index in [4.69, 9.17) is 10.7 Å². The highest BCUT2D eigenvalue weighted by Gasteiger charge is 2.18. The average molecular weight is 350 g/mol. The molecule has 3 aromatic carbocycles. The van der Waals surface area contributed by atoms with E-state index in [9.17, 15) is 4.79 Å². The van der Waals surface area contributed by atoms with Gasteiger partial charge in [-0.1, -0.05) is 72.8 Å². The third kappa shape index (κ3) is 3.62. The fourth-order valence-corrected chi connectivity index (χ4v) is 3.02. The van der Waals surface area contributed by atoms with Crippen LogP contribution in [-0.2, 0) is 4.79 Å². The topological polar surface area (TPSA) is 55.4 Å². The lowest BCUT2D eigenvalue weighted by molar-refractivity contribution is -0.111. The molecule has 0 amide bonds. The molecule has 1 aliphatic rings. The van der Waals surface area contributed by atoms with Gasteiger partial charge in [0.25, 0.3) is 0 Å². The third-order valence-electron chi connectivity index (χ3n) is 4.44. The Labute approximate surface area is 158 Å². The van der Waals surface area contributed by atoms with Gasteiger partial charge in [-0.25, -0.2) is 4.99 Å². The van der Waals surface area contributed by atoms with Gasteiger partial charge in [-0.2, -0.15) is 0 Å². The number of carbonyl (C=O) groups is 1. The second-order valence-electron chi connectivity index (χ2n) is 6.30. The largest absolute Gasteiger partial charge is 0.396 e. The Hall–Kier alpha value is -3.72. The average Bonchev–Trinajstić information content (AvgIpc) is 2.72. The molecule has 130 valence electrons. The number of aliphatic imine (C=N–C) groups is 1. The van der Waals surface area contributed by atoms with Crippen molar-refractivity contribution in [2.45, 2.75) is 0 Å². The first-order valence-corrected chi connectivity index (χ1v) is 8.74. The second kappa shape index (κ2) is 7.26. The summed E-state index contributed by atoms with van der Waals surface area (Å²) in [5.41, 5.74) is 11.6. The van der Waals surface area contributed by atoms with E-state index >= 15 is 0 Å². The van der Waals surface area contributed by atoms with E-state index in [2.05, 4.69) is 12.1 Å². The number of allylic oxidation sites excluding steroid dienone is 3. The Morgan fingerprint density at radius 1 is 0.630 bits per heavy atom. The molecular weight excluding hydrogens is 332 g/mol. The maximum Gasteiger partial charge on any atom is 0.202 e. The molecule has 0 aromatic heterocycles. The molecule has 0 bridgehead atoms. The summed E-state index contributed by atoms with van der Waals surface area (Å²) in [4.78, 5) is 16.8. The summed E-state index contributed by atoms with van der Waals surface area (Å²) in [6.45, 7) is 0. The minimum absolute atomic E-state index is 0.188. The zero-order chi connectivity index (χ0) is 18.6. The minimum Gasteiger partial charge on any atom is -0.396 e. The van der Waals surface area contributed by atoms with Crippen molar-refractivity contribution in [1.29, 1.82) is 0 Å². The Balaban J connectivity index is 1.71. The van der Waals surface area contributed by atoms with Crippen molar-refractivity contribution < 1.29 is 4.79 Å². The van der Waals surface area contributed by atoms with Crippen molar-refractivity contribution in [1.82, 2.24) is 0 Å². The molecule has 3 nitrogen and oxygen atoms in total. The second-order valence-corrected chi connectivity index (χ2v) is 6.30. The molecule has 27 heavy (non-hydrogen) atoms. The lowest BCUT2D eigenvalue weighted by Gasteiger charge is -2.14. The van der Waals surface area contributed by atoms with Crippen LogP contribution in [0.25, 0.3) is 16.7 Å². The van der Waals surface area contributed by atoms with Gasteiger partial charge in [-0.15, -0.1) is 0 Å². The van der Waals surface area contributed by atoms with E-state index in [0.717, 1.165) is 28.0 Å². The molecule has 4 rings (SSSR count). The molecule has 0 spiro atoms. The number of ketones is 1.